The van der Waals surface area contributed by atoms with Crippen molar-refractivity contribution in [1.82, 2.24) is 15.1 Å². The standard InChI is InChI=1S/C14H17N3O4S/c1-8-6-10(19-3)12(22-8)14(18)17-4-5-20-11(7-17)13-16-15-9(2)21-13/h6,11H,4-5,7H2,1-3H3/t11-/m1/s1. The molecule has 1 aliphatic rings. The van der Waals surface area contributed by atoms with Gasteiger partial charge in [-0.1, -0.05) is 0 Å². The Kier molecular flexibility index (Phi) is 4.12. The van der Waals surface area contributed by atoms with Crippen molar-refractivity contribution in [3.63, 3.8) is 0 Å². The Balaban J connectivity index is 1.78. The minimum atomic E-state index is -0.383. The van der Waals surface area contributed by atoms with Crippen molar-refractivity contribution >= 4 is 17.2 Å². The van der Waals surface area contributed by atoms with E-state index in [-0.39, 0.29) is 12.0 Å². The van der Waals surface area contributed by atoms with Crippen molar-refractivity contribution in [2.45, 2.75) is 20.0 Å². The first-order valence-electron chi connectivity index (χ1n) is 6.93. The van der Waals surface area contributed by atoms with Crippen molar-refractivity contribution in [2.24, 2.45) is 0 Å². The molecule has 1 aliphatic heterocycles. The molecule has 2 aromatic rings. The second-order valence-electron chi connectivity index (χ2n) is 5.02. The number of carbonyl (C=O) groups excluding carboxylic acids is 1. The maximum absolute atomic E-state index is 12.7. The number of nitrogens with zero attached hydrogens (tertiary/aromatic N) is 3. The first-order valence-corrected chi connectivity index (χ1v) is 7.75. The Morgan fingerprint density at radius 1 is 1.45 bits per heavy atom. The molecule has 1 atom stereocenters. The van der Waals surface area contributed by atoms with E-state index in [9.17, 15) is 4.79 Å². The minimum absolute atomic E-state index is 0.0560. The first kappa shape index (κ1) is 15.0. The molecule has 7 nitrogen and oxygen atoms in total. The van der Waals surface area contributed by atoms with Crippen molar-refractivity contribution in [3.8, 4) is 5.75 Å². The fourth-order valence-corrected chi connectivity index (χ4v) is 3.31. The van der Waals surface area contributed by atoms with Crippen LogP contribution in [0.4, 0.5) is 0 Å². The Morgan fingerprint density at radius 3 is 2.95 bits per heavy atom. The zero-order valence-electron chi connectivity index (χ0n) is 12.7. The lowest BCUT2D eigenvalue weighted by Gasteiger charge is -2.31. The average Bonchev–Trinajstić information content (AvgIpc) is 3.12. The van der Waals surface area contributed by atoms with Crippen molar-refractivity contribution in [3.05, 3.63) is 27.6 Å². The Bertz CT molecular complexity index is 681. The second-order valence-corrected chi connectivity index (χ2v) is 6.28. The summed E-state index contributed by atoms with van der Waals surface area (Å²) < 4.78 is 16.3. The van der Waals surface area contributed by atoms with Gasteiger partial charge in [-0.25, -0.2) is 0 Å². The third-order valence-electron chi connectivity index (χ3n) is 3.41. The summed E-state index contributed by atoms with van der Waals surface area (Å²) in [5.74, 6) is 1.45. The summed E-state index contributed by atoms with van der Waals surface area (Å²) in [5, 5.41) is 7.77. The summed E-state index contributed by atoms with van der Waals surface area (Å²) in [7, 11) is 1.57. The summed E-state index contributed by atoms with van der Waals surface area (Å²) in [5.41, 5.74) is 0. The zero-order valence-corrected chi connectivity index (χ0v) is 13.5. The van der Waals surface area contributed by atoms with E-state index < -0.39 is 0 Å². The normalized spacial score (nSPS) is 18.5. The van der Waals surface area contributed by atoms with Crippen LogP contribution in [0.5, 0.6) is 5.75 Å². The molecule has 1 amide bonds. The third kappa shape index (κ3) is 2.84. The van der Waals surface area contributed by atoms with Gasteiger partial charge in [0.1, 0.15) is 10.6 Å². The van der Waals surface area contributed by atoms with E-state index in [4.69, 9.17) is 13.9 Å². The van der Waals surface area contributed by atoms with Crippen LogP contribution in [0, 0.1) is 13.8 Å². The molecule has 8 heteroatoms. The highest BCUT2D eigenvalue weighted by atomic mass is 32.1. The number of morpholine rings is 1. The number of methoxy groups -OCH3 is 1. The summed E-state index contributed by atoms with van der Waals surface area (Å²) in [6, 6.07) is 1.87. The van der Waals surface area contributed by atoms with Gasteiger partial charge in [0.05, 0.1) is 20.3 Å². The molecule has 0 unspecified atom stereocenters. The predicted octanol–water partition coefficient (Wildman–Crippen LogP) is 1.97. The first-order chi connectivity index (χ1) is 10.6. The van der Waals surface area contributed by atoms with E-state index in [0.717, 1.165) is 4.88 Å². The molecule has 0 saturated carbocycles. The fourth-order valence-electron chi connectivity index (χ4n) is 2.36. The van der Waals surface area contributed by atoms with E-state index in [1.165, 1.54) is 11.3 Å². The summed E-state index contributed by atoms with van der Waals surface area (Å²) in [4.78, 5) is 16.1. The van der Waals surface area contributed by atoms with Crippen LogP contribution < -0.4 is 4.74 Å². The summed E-state index contributed by atoms with van der Waals surface area (Å²) in [6.45, 7) is 5.03. The van der Waals surface area contributed by atoms with Gasteiger partial charge < -0.3 is 18.8 Å². The maximum atomic E-state index is 12.7. The van der Waals surface area contributed by atoms with Crippen molar-refractivity contribution in [1.29, 1.82) is 0 Å². The topological polar surface area (TPSA) is 77.7 Å². The molecule has 0 aliphatic carbocycles. The number of carbonyl (C=O) groups is 1. The smallest absolute Gasteiger partial charge is 0.267 e. The summed E-state index contributed by atoms with van der Waals surface area (Å²) in [6.07, 6.45) is -0.383. The van der Waals surface area contributed by atoms with Crippen LogP contribution in [-0.2, 0) is 4.74 Å². The van der Waals surface area contributed by atoms with Gasteiger partial charge in [0.25, 0.3) is 5.91 Å². The second kappa shape index (κ2) is 6.05. The highest BCUT2D eigenvalue weighted by Gasteiger charge is 2.31. The molecule has 0 spiro atoms. The molecule has 0 N–H and O–H groups in total. The molecule has 1 saturated heterocycles. The van der Waals surface area contributed by atoms with Gasteiger partial charge >= 0.3 is 0 Å². The number of amides is 1. The molecule has 0 radical (unpaired) electrons. The third-order valence-corrected chi connectivity index (χ3v) is 4.43. The number of rotatable bonds is 3. The van der Waals surface area contributed by atoms with Crippen LogP contribution in [-0.4, -0.2) is 47.8 Å². The SMILES string of the molecule is COc1cc(C)sc1C(=O)N1CCO[C@@H](c2nnc(C)o2)C1. The number of ether oxygens (including phenoxy) is 2. The Hall–Kier alpha value is -1.93. The number of hydrogen-bond donors (Lipinski definition) is 0. The molecular weight excluding hydrogens is 306 g/mol. The van der Waals surface area contributed by atoms with E-state index in [1.54, 1.807) is 18.9 Å². The van der Waals surface area contributed by atoms with E-state index in [1.807, 2.05) is 13.0 Å². The van der Waals surface area contributed by atoms with Gasteiger partial charge in [-0.05, 0) is 13.0 Å². The van der Waals surface area contributed by atoms with Gasteiger partial charge in [-0.2, -0.15) is 0 Å². The lowest BCUT2D eigenvalue weighted by atomic mass is 10.2. The van der Waals surface area contributed by atoms with Gasteiger partial charge in [0.2, 0.25) is 11.8 Å². The summed E-state index contributed by atoms with van der Waals surface area (Å²) >= 11 is 1.43. The lowest BCUT2D eigenvalue weighted by molar-refractivity contribution is -0.0348. The average molecular weight is 323 g/mol. The molecular formula is C14H17N3O4S. The molecule has 0 bridgehead atoms. The van der Waals surface area contributed by atoms with Crippen molar-refractivity contribution in [2.75, 3.05) is 26.8 Å². The van der Waals surface area contributed by atoms with Crippen molar-refractivity contribution < 1.29 is 18.7 Å². The molecule has 22 heavy (non-hydrogen) atoms. The van der Waals surface area contributed by atoms with Gasteiger partial charge in [-0.15, -0.1) is 21.5 Å². The van der Waals surface area contributed by atoms with Crippen LogP contribution in [0.15, 0.2) is 10.5 Å². The highest BCUT2D eigenvalue weighted by Crippen LogP contribution is 2.31. The number of hydrogen-bond acceptors (Lipinski definition) is 7. The van der Waals surface area contributed by atoms with Crippen LogP contribution in [0.25, 0.3) is 0 Å². The fraction of sp³-hybridized carbons (Fsp3) is 0.500. The quantitative estimate of drug-likeness (QED) is 0.859. The number of aryl methyl sites for hydroxylation is 2. The molecule has 3 heterocycles. The Labute approximate surface area is 131 Å². The van der Waals surface area contributed by atoms with E-state index >= 15 is 0 Å². The van der Waals surface area contributed by atoms with Crippen LogP contribution in [0.3, 0.4) is 0 Å². The maximum Gasteiger partial charge on any atom is 0.267 e. The number of aromatic nitrogens is 2. The van der Waals surface area contributed by atoms with Crippen LogP contribution in [0.1, 0.15) is 32.4 Å². The van der Waals surface area contributed by atoms with E-state index in [2.05, 4.69) is 10.2 Å². The zero-order chi connectivity index (χ0) is 15.7. The van der Waals surface area contributed by atoms with E-state index in [0.29, 0.717) is 42.1 Å². The highest BCUT2D eigenvalue weighted by molar-refractivity contribution is 7.14. The number of thiophene rings is 1. The van der Waals surface area contributed by atoms with Gasteiger partial charge in [-0.3, -0.25) is 4.79 Å². The largest absolute Gasteiger partial charge is 0.495 e. The Morgan fingerprint density at radius 2 is 2.27 bits per heavy atom. The minimum Gasteiger partial charge on any atom is -0.495 e. The molecule has 2 aromatic heterocycles. The monoisotopic (exact) mass is 323 g/mol. The lowest BCUT2D eigenvalue weighted by Crippen LogP contribution is -2.42. The molecule has 1 fully saturated rings. The van der Waals surface area contributed by atoms with Gasteiger partial charge in [0.15, 0.2) is 6.10 Å². The van der Waals surface area contributed by atoms with Gasteiger partial charge in [0, 0.05) is 18.3 Å². The van der Waals surface area contributed by atoms with Crippen LogP contribution in [0.2, 0.25) is 0 Å². The molecule has 118 valence electrons. The molecule has 3 rings (SSSR count). The predicted molar refractivity (Wildman–Crippen MR) is 79.2 cm³/mol. The molecule has 0 aromatic carbocycles. The van der Waals surface area contributed by atoms with Crippen LogP contribution >= 0.6 is 11.3 Å².